The fraction of sp³-hybridized carbons (Fsp3) is 0.190. The highest BCUT2D eigenvalue weighted by Crippen LogP contribution is 2.36. The lowest BCUT2D eigenvalue weighted by Gasteiger charge is -2.15. The summed E-state index contributed by atoms with van der Waals surface area (Å²) in [4.78, 5) is 48.8. The number of carbonyl (C=O) groups excluding carboxylic acids is 3. The molecule has 0 spiro atoms. The standard InChI is InChI=1S/C21H17Cl2N3O5S/c1-10-4-11(2)19(12(3)5-10)24-18(27)9-25-20(28)17(32-21(25)29)7-13-6-16(26(30)31)15(23)8-14(13)22/h4-8H,9H2,1-3H3,(H,24,27)/b17-7-. The molecule has 1 heterocycles. The molecule has 0 radical (unpaired) electrons. The molecule has 166 valence electrons. The quantitative estimate of drug-likeness (QED) is 0.334. The van der Waals surface area contributed by atoms with Gasteiger partial charge in [-0.05, 0) is 55.8 Å². The van der Waals surface area contributed by atoms with Crippen molar-refractivity contribution in [3.05, 3.63) is 71.6 Å². The summed E-state index contributed by atoms with van der Waals surface area (Å²) in [6.45, 7) is 5.18. The number of hydrogen-bond acceptors (Lipinski definition) is 6. The summed E-state index contributed by atoms with van der Waals surface area (Å²) in [5, 5.41) is 13.2. The number of aryl methyl sites for hydroxylation is 3. The molecule has 1 fully saturated rings. The Morgan fingerprint density at radius 2 is 1.75 bits per heavy atom. The molecule has 32 heavy (non-hydrogen) atoms. The van der Waals surface area contributed by atoms with Gasteiger partial charge in [-0.1, -0.05) is 40.9 Å². The van der Waals surface area contributed by atoms with E-state index >= 15 is 0 Å². The minimum Gasteiger partial charge on any atom is -0.324 e. The molecule has 0 saturated carbocycles. The number of nitrogens with one attached hydrogen (secondary N) is 1. The molecule has 0 aromatic heterocycles. The molecule has 8 nitrogen and oxygen atoms in total. The van der Waals surface area contributed by atoms with Gasteiger partial charge in [0.05, 0.1) is 9.83 Å². The van der Waals surface area contributed by atoms with E-state index in [1.807, 2.05) is 32.9 Å². The number of amides is 3. The van der Waals surface area contributed by atoms with Crippen molar-refractivity contribution in [3.63, 3.8) is 0 Å². The van der Waals surface area contributed by atoms with Gasteiger partial charge in [0.15, 0.2) is 0 Å². The van der Waals surface area contributed by atoms with Crippen LogP contribution in [0.3, 0.4) is 0 Å². The van der Waals surface area contributed by atoms with E-state index in [1.54, 1.807) is 0 Å². The minimum absolute atomic E-state index is 0.0102. The molecule has 1 aliphatic heterocycles. The van der Waals surface area contributed by atoms with E-state index in [-0.39, 0.29) is 26.2 Å². The molecule has 1 N–H and O–H groups in total. The number of carbonyl (C=O) groups is 3. The lowest BCUT2D eigenvalue weighted by atomic mass is 10.1. The van der Waals surface area contributed by atoms with Crippen molar-refractivity contribution in [3.8, 4) is 0 Å². The second kappa shape index (κ2) is 9.32. The smallest absolute Gasteiger partial charge is 0.294 e. The molecule has 0 atom stereocenters. The first-order chi connectivity index (χ1) is 15.0. The molecular weight excluding hydrogens is 477 g/mol. The number of nitrogens with zero attached hydrogens (tertiary/aromatic N) is 2. The summed E-state index contributed by atoms with van der Waals surface area (Å²) < 4.78 is 0. The molecule has 0 bridgehead atoms. The van der Waals surface area contributed by atoms with Gasteiger partial charge in [0.2, 0.25) is 5.91 Å². The van der Waals surface area contributed by atoms with Gasteiger partial charge in [-0.15, -0.1) is 0 Å². The van der Waals surface area contributed by atoms with Gasteiger partial charge >= 0.3 is 0 Å². The Hall–Kier alpha value is -2.88. The fourth-order valence-corrected chi connectivity index (χ4v) is 4.62. The van der Waals surface area contributed by atoms with E-state index in [0.29, 0.717) is 17.4 Å². The van der Waals surface area contributed by atoms with Gasteiger partial charge < -0.3 is 5.32 Å². The normalized spacial score (nSPS) is 14.9. The number of imide groups is 1. The molecule has 1 aliphatic rings. The van der Waals surface area contributed by atoms with Gasteiger partial charge in [0.25, 0.3) is 16.8 Å². The summed E-state index contributed by atoms with van der Waals surface area (Å²) in [5.74, 6) is -1.22. The summed E-state index contributed by atoms with van der Waals surface area (Å²) >= 11 is 12.5. The second-order valence-corrected chi connectivity index (χ2v) is 8.98. The number of nitro groups is 1. The lowest BCUT2D eigenvalue weighted by Crippen LogP contribution is -2.36. The average molecular weight is 494 g/mol. The number of anilines is 1. The number of nitro benzene ring substituents is 1. The first kappa shape index (κ1) is 23.8. The monoisotopic (exact) mass is 493 g/mol. The SMILES string of the molecule is Cc1cc(C)c(NC(=O)CN2C(=O)S/C(=C\c3cc([N+](=O)[O-])c(Cl)cc3Cl)C2=O)c(C)c1. The second-order valence-electron chi connectivity index (χ2n) is 7.17. The summed E-state index contributed by atoms with van der Waals surface area (Å²) in [6.07, 6.45) is 1.27. The molecule has 2 aromatic carbocycles. The van der Waals surface area contributed by atoms with Gasteiger partial charge in [-0.2, -0.15) is 0 Å². The van der Waals surface area contributed by atoms with Gasteiger partial charge in [-0.3, -0.25) is 29.4 Å². The maximum Gasteiger partial charge on any atom is 0.294 e. The van der Waals surface area contributed by atoms with Crippen LogP contribution in [0.2, 0.25) is 10.0 Å². The third kappa shape index (κ3) is 4.95. The van der Waals surface area contributed by atoms with Crippen LogP contribution in [0.1, 0.15) is 22.3 Å². The molecule has 1 saturated heterocycles. The molecule has 0 unspecified atom stereocenters. The Balaban J connectivity index is 1.80. The Kier molecular flexibility index (Phi) is 6.92. The topological polar surface area (TPSA) is 110 Å². The van der Waals surface area contributed by atoms with Crippen molar-refractivity contribution in [1.29, 1.82) is 0 Å². The van der Waals surface area contributed by atoms with Crippen LogP contribution < -0.4 is 5.32 Å². The van der Waals surface area contributed by atoms with Crippen LogP contribution in [-0.2, 0) is 9.59 Å². The maximum absolute atomic E-state index is 12.7. The number of rotatable bonds is 5. The van der Waals surface area contributed by atoms with Crippen LogP contribution in [0.5, 0.6) is 0 Å². The third-order valence-electron chi connectivity index (χ3n) is 4.67. The van der Waals surface area contributed by atoms with Gasteiger partial charge in [0.1, 0.15) is 11.6 Å². The number of halogens is 2. The molecule has 3 rings (SSSR count). The van der Waals surface area contributed by atoms with Gasteiger partial charge in [-0.25, -0.2) is 0 Å². The van der Waals surface area contributed by atoms with Crippen molar-refractivity contribution in [2.24, 2.45) is 0 Å². The zero-order valence-corrected chi connectivity index (χ0v) is 19.5. The highest BCUT2D eigenvalue weighted by Gasteiger charge is 2.36. The predicted octanol–water partition coefficient (Wildman–Crippen LogP) is 5.50. The van der Waals surface area contributed by atoms with Crippen LogP contribution in [0.25, 0.3) is 6.08 Å². The van der Waals surface area contributed by atoms with Crippen molar-refractivity contribution >= 4 is 69.5 Å². The van der Waals surface area contributed by atoms with E-state index in [4.69, 9.17) is 23.2 Å². The maximum atomic E-state index is 12.7. The van der Waals surface area contributed by atoms with Gasteiger partial charge in [0, 0.05) is 22.3 Å². The molecule has 2 aromatic rings. The van der Waals surface area contributed by atoms with Crippen LogP contribution in [0.15, 0.2) is 29.2 Å². The highest BCUT2D eigenvalue weighted by atomic mass is 35.5. The Bertz CT molecular complexity index is 1190. The van der Waals surface area contributed by atoms with E-state index in [0.717, 1.165) is 27.7 Å². The van der Waals surface area contributed by atoms with Crippen molar-refractivity contribution < 1.29 is 19.3 Å². The molecule has 3 amide bonds. The van der Waals surface area contributed by atoms with Crippen LogP contribution in [0.4, 0.5) is 16.2 Å². The first-order valence-corrected chi connectivity index (χ1v) is 10.8. The van der Waals surface area contributed by atoms with Crippen molar-refractivity contribution in [2.45, 2.75) is 20.8 Å². The average Bonchev–Trinajstić information content (AvgIpc) is 2.93. The van der Waals surface area contributed by atoms with E-state index < -0.39 is 28.5 Å². The van der Waals surface area contributed by atoms with Crippen LogP contribution in [-0.4, -0.2) is 33.4 Å². The summed E-state index contributed by atoms with van der Waals surface area (Å²) in [6, 6.07) is 6.15. The number of thioether (sulfide) groups is 1. The van der Waals surface area contributed by atoms with E-state index in [9.17, 15) is 24.5 Å². The predicted molar refractivity (Wildman–Crippen MR) is 125 cm³/mol. The largest absolute Gasteiger partial charge is 0.324 e. The number of benzene rings is 2. The Labute approximate surface area is 197 Å². The highest BCUT2D eigenvalue weighted by molar-refractivity contribution is 8.18. The lowest BCUT2D eigenvalue weighted by molar-refractivity contribution is -0.384. The summed E-state index contributed by atoms with van der Waals surface area (Å²) in [7, 11) is 0. The zero-order valence-electron chi connectivity index (χ0n) is 17.2. The molecule has 11 heteroatoms. The van der Waals surface area contributed by atoms with Crippen LogP contribution >= 0.6 is 35.0 Å². The minimum atomic E-state index is -0.693. The third-order valence-corrected chi connectivity index (χ3v) is 6.20. The molecular formula is C21H17Cl2N3O5S. The van der Waals surface area contributed by atoms with Crippen molar-refractivity contribution in [2.75, 3.05) is 11.9 Å². The van der Waals surface area contributed by atoms with Crippen LogP contribution in [0, 0.1) is 30.9 Å². The zero-order chi connectivity index (χ0) is 23.7. The fourth-order valence-electron chi connectivity index (χ4n) is 3.28. The first-order valence-electron chi connectivity index (χ1n) is 9.24. The van der Waals surface area contributed by atoms with E-state index in [2.05, 4.69) is 5.32 Å². The molecule has 0 aliphatic carbocycles. The van der Waals surface area contributed by atoms with Crippen molar-refractivity contribution in [1.82, 2.24) is 4.90 Å². The number of hydrogen-bond donors (Lipinski definition) is 1. The Morgan fingerprint density at radius 3 is 2.34 bits per heavy atom. The van der Waals surface area contributed by atoms with E-state index in [1.165, 1.54) is 12.1 Å². The summed E-state index contributed by atoms with van der Waals surface area (Å²) in [5.41, 5.74) is 3.18. The Morgan fingerprint density at radius 1 is 1.12 bits per heavy atom.